The first-order chi connectivity index (χ1) is 7.82. The van der Waals surface area contributed by atoms with Crippen LogP contribution in [0, 0.1) is 13.8 Å². The monoisotopic (exact) mass is 232 g/mol. The van der Waals surface area contributed by atoms with Crippen LogP contribution in [0.25, 0.3) is 0 Å². The zero-order valence-electron chi connectivity index (χ0n) is 11.2. The van der Waals surface area contributed by atoms with Crippen LogP contribution >= 0.6 is 0 Å². The lowest BCUT2D eigenvalue weighted by Crippen LogP contribution is -2.50. The molecule has 0 aromatic heterocycles. The first kappa shape index (κ1) is 12.0. The number of hydrogen-bond acceptors (Lipinski definition) is 2. The third kappa shape index (κ3) is 2.02. The summed E-state index contributed by atoms with van der Waals surface area (Å²) in [5.41, 5.74) is 4.41. The van der Waals surface area contributed by atoms with Crippen molar-refractivity contribution in [1.29, 1.82) is 0 Å². The highest BCUT2D eigenvalue weighted by molar-refractivity contribution is 5.98. The van der Waals surface area contributed by atoms with E-state index < -0.39 is 0 Å². The van der Waals surface area contributed by atoms with Gasteiger partial charge in [0, 0.05) is 19.0 Å². The second-order valence-corrected chi connectivity index (χ2v) is 5.52. The normalized spacial score (nSPS) is 17.4. The van der Waals surface area contributed by atoms with E-state index in [0.29, 0.717) is 6.54 Å². The summed E-state index contributed by atoms with van der Waals surface area (Å²) < 4.78 is 0. The molecule has 1 aromatic rings. The molecule has 1 heterocycles. The Balaban J connectivity index is 2.61. The second kappa shape index (κ2) is 3.76. The zero-order valence-corrected chi connectivity index (χ0v) is 11.2. The molecule has 0 atom stereocenters. The lowest BCUT2D eigenvalue weighted by molar-refractivity contribution is -0.116. The number of benzene rings is 1. The molecule has 0 spiro atoms. The number of carbonyl (C=O) groups excluding carboxylic acids is 1. The molecular weight excluding hydrogens is 212 g/mol. The average Bonchev–Trinajstić information content (AvgIpc) is 2.21. The first-order valence-electron chi connectivity index (χ1n) is 5.98. The maximum atomic E-state index is 11.8. The van der Waals surface area contributed by atoms with Crippen molar-refractivity contribution in [3.05, 3.63) is 23.3 Å². The number of fused-ring (bicyclic) bond motifs is 1. The van der Waals surface area contributed by atoms with Crippen LogP contribution in [-0.4, -0.2) is 18.0 Å². The van der Waals surface area contributed by atoms with Crippen LogP contribution in [0.15, 0.2) is 12.1 Å². The van der Waals surface area contributed by atoms with Gasteiger partial charge in [0.2, 0.25) is 5.91 Å². The Morgan fingerprint density at radius 2 is 2.00 bits per heavy atom. The number of anilines is 2. The third-order valence-electron chi connectivity index (χ3n) is 3.38. The van der Waals surface area contributed by atoms with Crippen LogP contribution in [0.3, 0.4) is 0 Å². The number of amides is 1. The fourth-order valence-electron chi connectivity index (χ4n) is 2.40. The molecule has 1 aliphatic rings. The number of nitrogens with one attached hydrogen (secondary N) is 1. The van der Waals surface area contributed by atoms with Gasteiger partial charge in [0.05, 0.1) is 11.4 Å². The molecule has 0 aliphatic carbocycles. The van der Waals surface area contributed by atoms with Gasteiger partial charge < -0.3 is 10.2 Å². The molecule has 17 heavy (non-hydrogen) atoms. The van der Waals surface area contributed by atoms with E-state index in [4.69, 9.17) is 0 Å². The standard InChI is InChI=1S/C14H20N2O/c1-9-6-7-12-13(10(9)2)16(11(3)17)8-14(4,5)15-12/h6-7,15H,8H2,1-5H3. The summed E-state index contributed by atoms with van der Waals surface area (Å²) in [6.07, 6.45) is 0. The van der Waals surface area contributed by atoms with Crippen LogP contribution in [0.2, 0.25) is 0 Å². The zero-order chi connectivity index (χ0) is 12.8. The molecular formula is C14H20N2O. The predicted octanol–water partition coefficient (Wildman–Crippen LogP) is 2.86. The Bertz CT molecular complexity index is 477. The van der Waals surface area contributed by atoms with E-state index in [9.17, 15) is 4.79 Å². The fraction of sp³-hybridized carbons (Fsp3) is 0.500. The van der Waals surface area contributed by atoms with Gasteiger partial charge in [-0.3, -0.25) is 4.79 Å². The summed E-state index contributed by atoms with van der Waals surface area (Å²) in [6.45, 7) is 10.7. The predicted molar refractivity (Wildman–Crippen MR) is 71.6 cm³/mol. The molecule has 0 saturated carbocycles. The summed E-state index contributed by atoms with van der Waals surface area (Å²) in [5, 5.41) is 3.50. The number of hydrogen-bond donors (Lipinski definition) is 1. The van der Waals surface area contributed by atoms with Crippen molar-refractivity contribution in [3.63, 3.8) is 0 Å². The average molecular weight is 232 g/mol. The number of aryl methyl sites for hydroxylation is 1. The van der Waals surface area contributed by atoms with Gasteiger partial charge in [0.25, 0.3) is 0 Å². The Morgan fingerprint density at radius 3 is 2.59 bits per heavy atom. The maximum absolute atomic E-state index is 11.8. The second-order valence-electron chi connectivity index (χ2n) is 5.52. The maximum Gasteiger partial charge on any atom is 0.224 e. The highest BCUT2D eigenvalue weighted by Gasteiger charge is 2.32. The van der Waals surface area contributed by atoms with Gasteiger partial charge in [-0.25, -0.2) is 0 Å². The lowest BCUT2D eigenvalue weighted by atomic mass is 9.95. The Labute approximate surface area is 103 Å². The quantitative estimate of drug-likeness (QED) is 0.746. The smallest absolute Gasteiger partial charge is 0.224 e. The topological polar surface area (TPSA) is 32.3 Å². The van der Waals surface area contributed by atoms with Gasteiger partial charge in [-0.2, -0.15) is 0 Å². The Morgan fingerprint density at radius 1 is 1.35 bits per heavy atom. The van der Waals surface area contributed by atoms with E-state index >= 15 is 0 Å². The summed E-state index contributed by atoms with van der Waals surface area (Å²) >= 11 is 0. The lowest BCUT2D eigenvalue weighted by Gasteiger charge is -2.41. The molecule has 1 amide bonds. The Kier molecular flexibility index (Phi) is 2.64. The molecule has 0 unspecified atom stereocenters. The van der Waals surface area contributed by atoms with E-state index in [1.54, 1.807) is 6.92 Å². The molecule has 1 aliphatic heterocycles. The minimum absolute atomic E-state index is 0.0830. The number of carbonyl (C=O) groups is 1. The molecule has 2 rings (SSSR count). The van der Waals surface area contributed by atoms with Gasteiger partial charge >= 0.3 is 0 Å². The molecule has 0 fully saturated rings. The van der Waals surface area contributed by atoms with E-state index in [0.717, 1.165) is 11.4 Å². The van der Waals surface area contributed by atoms with Gasteiger partial charge in [-0.15, -0.1) is 0 Å². The van der Waals surface area contributed by atoms with Gasteiger partial charge in [0.15, 0.2) is 0 Å². The number of rotatable bonds is 0. The van der Waals surface area contributed by atoms with Crippen molar-refractivity contribution < 1.29 is 4.79 Å². The first-order valence-corrected chi connectivity index (χ1v) is 5.98. The Hall–Kier alpha value is -1.51. The molecule has 0 bridgehead atoms. The number of nitrogens with zero attached hydrogens (tertiary/aromatic N) is 1. The van der Waals surface area contributed by atoms with Crippen molar-refractivity contribution in [3.8, 4) is 0 Å². The molecule has 0 saturated heterocycles. The summed E-state index contributed by atoms with van der Waals surface area (Å²) in [5.74, 6) is 0.106. The highest BCUT2D eigenvalue weighted by atomic mass is 16.2. The summed E-state index contributed by atoms with van der Waals surface area (Å²) in [7, 11) is 0. The van der Waals surface area contributed by atoms with Gasteiger partial charge in [-0.1, -0.05) is 6.07 Å². The van der Waals surface area contributed by atoms with E-state index in [1.807, 2.05) is 4.90 Å². The SMILES string of the molecule is CC(=O)N1CC(C)(C)Nc2ccc(C)c(C)c21. The molecule has 3 nitrogen and oxygen atoms in total. The van der Waals surface area contributed by atoms with Crippen LogP contribution in [0.5, 0.6) is 0 Å². The molecule has 1 aromatic carbocycles. The molecule has 3 heteroatoms. The summed E-state index contributed by atoms with van der Waals surface area (Å²) in [4.78, 5) is 13.7. The van der Waals surface area contributed by atoms with E-state index in [2.05, 4.69) is 45.1 Å². The molecule has 1 N–H and O–H groups in total. The van der Waals surface area contributed by atoms with Crippen LogP contribution in [0.1, 0.15) is 31.9 Å². The van der Waals surface area contributed by atoms with Crippen LogP contribution < -0.4 is 10.2 Å². The van der Waals surface area contributed by atoms with E-state index in [1.165, 1.54) is 11.1 Å². The molecule has 92 valence electrons. The van der Waals surface area contributed by atoms with Crippen molar-refractivity contribution in [2.45, 2.75) is 40.2 Å². The van der Waals surface area contributed by atoms with Crippen molar-refractivity contribution in [1.82, 2.24) is 0 Å². The fourth-order valence-corrected chi connectivity index (χ4v) is 2.40. The van der Waals surface area contributed by atoms with Crippen LogP contribution in [0.4, 0.5) is 11.4 Å². The third-order valence-corrected chi connectivity index (χ3v) is 3.38. The van der Waals surface area contributed by atoms with Crippen molar-refractivity contribution in [2.24, 2.45) is 0 Å². The van der Waals surface area contributed by atoms with Crippen LogP contribution in [-0.2, 0) is 4.79 Å². The minimum Gasteiger partial charge on any atom is -0.377 e. The van der Waals surface area contributed by atoms with Gasteiger partial charge in [0.1, 0.15) is 0 Å². The highest BCUT2D eigenvalue weighted by Crippen LogP contribution is 2.38. The molecule has 0 radical (unpaired) electrons. The van der Waals surface area contributed by atoms with Crippen molar-refractivity contribution in [2.75, 3.05) is 16.8 Å². The van der Waals surface area contributed by atoms with Crippen molar-refractivity contribution >= 4 is 17.3 Å². The van der Waals surface area contributed by atoms with Gasteiger partial charge in [-0.05, 0) is 44.9 Å². The minimum atomic E-state index is -0.0830. The largest absolute Gasteiger partial charge is 0.377 e. The van der Waals surface area contributed by atoms with E-state index in [-0.39, 0.29) is 11.4 Å². The summed E-state index contributed by atoms with van der Waals surface area (Å²) in [6, 6.07) is 4.16.